The standard InChI is InChI=1S/C15H22N4O6S.ClH/c1-11-3-4-12(19(21)22)9-14(11)26(23,24)18-7-5-17(6-8-18)15(20)13(16)10-25-2;/h3-4,9,13H,5-8,10,16H2,1-2H3;1H. The van der Waals surface area contributed by atoms with Crippen LogP contribution in [0.15, 0.2) is 23.1 Å². The van der Waals surface area contributed by atoms with Gasteiger partial charge in [-0.05, 0) is 12.5 Å². The Morgan fingerprint density at radius 3 is 2.44 bits per heavy atom. The number of rotatable bonds is 6. The summed E-state index contributed by atoms with van der Waals surface area (Å²) in [4.78, 5) is 23.9. The van der Waals surface area contributed by atoms with Gasteiger partial charge in [0.1, 0.15) is 6.04 Å². The van der Waals surface area contributed by atoms with Gasteiger partial charge in [0.15, 0.2) is 0 Å². The maximum absolute atomic E-state index is 12.9. The molecule has 1 amide bonds. The molecule has 2 N–H and O–H groups in total. The summed E-state index contributed by atoms with van der Waals surface area (Å²) >= 11 is 0. The average Bonchev–Trinajstić information content (AvgIpc) is 2.61. The van der Waals surface area contributed by atoms with Crippen molar-refractivity contribution in [1.82, 2.24) is 9.21 Å². The summed E-state index contributed by atoms with van der Waals surface area (Å²) in [6.45, 7) is 2.25. The fourth-order valence-corrected chi connectivity index (χ4v) is 4.42. The molecule has 12 heteroatoms. The van der Waals surface area contributed by atoms with Crippen LogP contribution < -0.4 is 5.73 Å². The molecule has 0 radical (unpaired) electrons. The summed E-state index contributed by atoms with van der Waals surface area (Å²) in [6.07, 6.45) is 0. The van der Waals surface area contributed by atoms with Gasteiger partial charge in [0.2, 0.25) is 15.9 Å². The Balaban J connectivity index is 0.00000364. The van der Waals surface area contributed by atoms with Gasteiger partial charge in [0.25, 0.3) is 5.69 Å². The number of methoxy groups -OCH3 is 1. The van der Waals surface area contributed by atoms with E-state index in [-0.39, 0.29) is 61.7 Å². The third kappa shape index (κ3) is 5.14. The van der Waals surface area contributed by atoms with E-state index >= 15 is 0 Å². The van der Waals surface area contributed by atoms with E-state index in [9.17, 15) is 23.3 Å². The zero-order valence-corrected chi connectivity index (χ0v) is 16.7. The van der Waals surface area contributed by atoms with E-state index < -0.39 is 21.0 Å². The fourth-order valence-electron chi connectivity index (χ4n) is 2.75. The molecule has 0 bridgehead atoms. The van der Waals surface area contributed by atoms with Crippen LogP contribution in [0.5, 0.6) is 0 Å². The fraction of sp³-hybridized carbons (Fsp3) is 0.533. The van der Waals surface area contributed by atoms with Crippen molar-refractivity contribution in [1.29, 1.82) is 0 Å². The van der Waals surface area contributed by atoms with Gasteiger partial charge in [-0.2, -0.15) is 4.31 Å². The number of amides is 1. The lowest BCUT2D eigenvalue weighted by Gasteiger charge is -2.35. The predicted octanol–water partition coefficient (Wildman–Crippen LogP) is 0.132. The highest BCUT2D eigenvalue weighted by atomic mass is 35.5. The van der Waals surface area contributed by atoms with E-state index in [1.807, 2.05) is 0 Å². The van der Waals surface area contributed by atoms with Gasteiger partial charge < -0.3 is 15.4 Å². The second-order valence-corrected chi connectivity index (χ2v) is 7.90. The molecular formula is C15H23ClN4O6S. The molecule has 1 aromatic rings. The molecule has 1 aliphatic rings. The number of nitrogens with zero attached hydrogens (tertiary/aromatic N) is 3. The molecule has 1 unspecified atom stereocenters. The Morgan fingerprint density at radius 2 is 1.93 bits per heavy atom. The Hall–Kier alpha value is -1.79. The van der Waals surface area contributed by atoms with E-state index in [4.69, 9.17) is 10.5 Å². The first-order valence-electron chi connectivity index (χ1n) is 7.97. The van der Waals surface area contributed by atoms with E-state index in [0.717, 1.165) is 6.07 Å². The highest BCUT2D eigenvalue weighted by Gasteiger charge is 2.33. The third-order valence-corrected chi connectivity index (χ3v) is 6.25. The number of hydrogen-bond acceptors (Lipinski definition) is 7. The number of ether oxygens (including phenoxy) is 1. The number of nitro benzene ring substituents is 1. The minimum Gasteiger partial charge on any atom is -0.383 e. The number of carbonyl (C=O) groups excluding carboxylic acids is 1. The van der Waals surface area contributed by atoms with Crippen LogP contribution in [0.3, 0.4) is 0 Å². The average molecular weight is 423 g/mol. The van der Waals surface area contributed by atoms with Crippen molar-refractivity contribution >= 4 is 34.0 Å². The van der Waals surface area contributed by atoms with Gasteiger partial charge in [-0.1, -0.05) is 6.07 Å². The highest BCUT2D eigenvalue weighted by molar-refractivity contribution is 7.89. The number of nitro groups is 1. The summed E-state index contributed by atoms with van der Waals surface area (Å²) in [6, 6.07) is 2.95. The van der Waals surface area contributed by atoms with Gasteiger partial charge in [0.05, 0.1) is 16.4 Å². The number of non-ortho nitro benzene ring substituents is 1. The number of sulfonamides is 1. The van der Waals surface area contributed by atoms with Crippen molar-refractivity contribution in [2.45, 2.75) is 17.9 Å². The number of piperazine rings is 1. The largest absolute Gasteiger partial charge is 0.383 e. The molecule has 0 saturated carbocycles. The van der Waals surface area contributed by atoms with Gasteiger partial charge in [-0.25, -0.2) is 8.42 Å². The number of aryl methyl sites for hydroxylation is 1. The molecule has 0 spiro atoms. The van der Waals surface area contributed by atoms with Crippen molar-refractivity contribution in [3.05, 3.63) is 33.9 Å². The Labute approximate surface area is 163 Å². The number of carbonyl (C=O) groups is 1. The number of hydrogen-bond donors (Lipinski definition) is 1. The smallest absolute Gasteiger partial charge is 0.270 e. The number of nitrogens with two attached hydrogens (primary N) is 1. The quantitative estimate of drug-likeness (QED) is 0.508. The van der Waals surface area contributed by atoms with Gasteiger partial charge in [-0.15, -0.1) is 12.4 Å². The molecule has 1 aromatic carbocycles. The van der Waals surface area contributed by atoms with Crippen molar-refractivity contribution in [2.75, 3.05) is 39.9 Å². The van der Waals surface area contributed by atoms with Crippen molar-refractivity contribution in [2.24, 2.45) is 5.73 Å². The summed E-state index contributed by atoms with van der Waals surface area (Å²) in [7, 11) is -2.45. The lowest BCUT2D eigenvalue weighted by molar-refractivity contribution is -0.385. The SMILES string of the molecule is COCC(N)C(=O)N1CCN(S(=O)(=O)c2cc([N+](=O)[O-])ccc2C)CC1.Cl. The van der Waals surface area contributed by atoms with Gasteiger partial charge in [0, 0.05) is 45.4 Å². The molecule has 0 aliphatic carbocycles. The Morgan fingerprint density at radius 1 is 1.33 bits per heavy atom. The topological polar surface area (TPSA) is 136 Å². The van der Waals surface area contributed by atoms with Crippen LogP contribution in [-0.2, 0) is 19.6 Å². The third-order valence-electron chi connectivity index (χ3n) is 4.21. The summed E-state index contributed by atoms with van der Waals surface area (Å²) in [5.74, 6) is -0.296. The van der Waals surface area contributed by atoms with E-state index in [2.05, 4.69) is 0 Å². The van der Waals surface area contributed by atoms with E-state index in [1.54, 1.807) is 6.92 Å². The lowest BCUT2D eigenvalue weighted by Crippen LogP contribution is -2.55. The van der Waals surface area contributed by atoms with Crippen LogP contribution in [-0.4, -0.2) is 74.4 Å². The van der Waals surface area contributed by atoms with Crippen LogP contribution in [0.25, 0.3) is 0 Å². The molecule has 2 rings (SSSR count). The summed E-state index contributed by atoms with van der Waals surface area (Å²) < 4.78 is 31.8. The second-order valence-electron chi connectivity index (χ2n) is 6.00. The van der Waals surface area contributed by atoms with Crippen LogP contribution in [0.1, 0.15) is 5.56 Å². The van der Waals surface area contributed by atoms with Crippen LogP contribution >= 0.6 is 12.4 Å². The molecule has 27 heavy (non-hydrogen) atoms. The van der Waals surface area contributed by atoms with E-state index in [1.165, 1.54) is 28.4 Å². The zero-order valence-electron chi connectivity index (χ0n) is 15.0. The normalized spacial score (nSPS) is 16.5. The molecule has 152 valence electrons. The van der Waals surface area contributed by atoms with Gasteiger partial charge in [-0.3, -0.25) is 14.9 Å². The number of benzene rings is 1. The molecule has 1 aliphatic heterocycles. The van der Waals surface area contributed by atoms with Crippen LogP contribution in [0.2, 0.25) is 0 Å². The molecule has 1 saturated heterocycles. The summed E-state index contributed by atoms with van der Waals surface area (Å²) in [5.41, 5.74) is 5.87. The molecule has 1 atom stereocenters. The Bertz CT molecular complexity index is 795. The predicted molar refractivity (Wildman–Crippen MR) is 100 cm³/mol. The molecular weight excluding hydrogens is 400 g/mol. The maximum Gasteiger partial charge on any atom is 0.270 e. The first-order valence-corrected chi connectivity index (χ1v) is 9.41. The molecule has 0 aromatic heterocycles. The van der Waals surface area contributed by atoms with Crippen LogP contribution in [0, 0.1) is 17.0 Å². The van der Waals surface area contributed by atoms with Gasteiger partial charge >= 0.3 is 0 Å². The molecule has 1 fully saturated rings. The minimum atomic E-state index is -3.89. The van der Waals surface area contributed by atoms with E-state index in [0.29, 0.717) is 5.56 Å². The summed E-state index contributed by atoms with van der Waals surface area (Å²) in [5, 5.41) is 10.9. The minimum absolute atomic E-state index is 0. The maximum atomic E-state index is 12.9. The zero-order chi connectivity index (χ0) is 19.5. The Kier molecular flexibility index (Phi) is 8.11. The lowest BCUT2D eigenvalue weighted by atomic mass is 10.2. The molecule has 1 heterocycles. The van der Waals surface area contributed by atoms with Crippen LogP contribution in [0.4, 0.5) is 5.69 Å². The monoisotopic (exact) mass is 422 g/mol. The van der Waals surface area contributed by atoms with Crippen molar-refractivity contribution < 1.29 is 22.9 Å². The number of halogens is 1. The highest BCUT2D eigenvalue weighted by Crippen LogP contribution is 2.25. The molecule has 10 nitrogen and oxygen atoms in total. The first kappa shape index (κ1) is 23.2. The van der Waals surface area contributed by atoms with Crippen molar-refractivity contribution in [3.8, 4) is 0 Å². The second kappa shape index (κ2) is 9.42. The van der Waals surface area contributed by atoms with Crippen molar-refractivity contribution in [3.63, 3.8) is 0 Å². The first-order chi connectivity index (χ1) is 12.2.